The minimum atomic E-state index is 0.331. The van der Waals surface area contributed by atoms with E-state index in [1.807, 2.05) is 26.0 Å². The Hall–Kier alpha value is -1.10. The molecule has 0 radical (unpaired) electrons. The molecule has 0 aromatic rings. The standard InChI is InChI=1S/C9H14N2/c1-4-5-6-9(8(2)3)11-7-10/h5-6,8H,4H2,1-3H3/b6-5-,11-9+. The molecule has 2 nitrogen and oxygen atoms in total. The molecule has 11 heavy (non-hydrogen) atoms. The Balaban J connectivity index is 4.26. The highest BCUT2D eigenvalue weighted by Gasteiger charge is 1.98. The van der Waals surface area contributed by atoms with Crippen LogP contribution in [0.3, 0.4) is 0 Å². The zero-order valence-corrected chi connectivity index (χ0v) is 7.33. The lowest BCUT2D eigenvalue weighted by molar-refractivity contribution is 0.888. The van der Waals surface area contributed by atoms with Gasteiger partial charge in [0, 0.05) is 0 Å². The van der Waals surface area contributed by atoms with Crippen LogP contribution in [0.15, 0.2) is 17.1 Å². The Morgan fingerprint density at radius 3 is 2.64 bits per heavy atom. The maximum Gasteiger partial charge on any atom is 0.205 e. The first-order chi connectivity index (χ1) is 5.22. The van der Waals surface area contributed by atoms with Crippen molar-refractivity contribution in [2.75, 3.05) is 0 Å². The van der Waals surface area contributed by atoms with E-state index in [1.165, 1.54) is 0 Å². The fraction of sp³-hybridized carbons (Fsp3) is 0.556. The van der Waals surface area contributed by atoms with E-state index in [2.05, 4.69) is 11.9 Å². The van der Waals surface area contributed by atoms with Crippen LogP contribution in [0.5, 0.6) is 0 Å². The lowest BCUT2D eigenvalue weighted by Gasteiger charge is -2.00. The molecule has 0 aliphatic carbocycles. The van der Waals surface area contributed by atoms with Crippen LogP contribution < -0.4 is 0 Å². The van der Waals surface area contributed by atoms with Gasteiger partial charge < -0.3 is 0 Å². The third kappa shape index (κ3) is 4.32. The Morgan fingerprint density at radius 2 is 2.27 bits per heavy atom. The molecule has 0 saturated carbocycles. The Kier molecular flexibility index (Phi) is 5.10. The smallest absolute Gasteiger partial charge is 0.178 e. The topological polar surface area (TPSA) is 36.1 Å². The van der Waals surface area contributed by atoms with Crippen molar-refractivity contribution >= 4 is 5.71 Å². The van der Waals surface area contributed by atoms with Gasteiger partial charge in [-0.05, 0) is 18.4 Å². The van der Waals surface area contributed by atoms with Gasteiger partial charge in [-0.15, -0.1) is 0 Å². The van der Waals surface area contributed by atoms with Gasteiger partial charge in [-0.3, -0.25) is 0 Å². The average molecular weight is 150 g/mol. The minimum Gasteiger partial charge on any atom is -0.178 e. The summed E-state index contributed by atoms with van der Waals surface area (Å²) in [5, 5.41) is 8.31. The summed E-state index contributed by atoms with van der Waals surface area (Å²) >= 11 is 0. The molecule has 0 aromatic carbocycles. The molecule has 0 amide bonds. The second-order valence-electron chi connectivity index (χ2n) is 2.60. The predicted octanol–water partition coefficient (Wildman–Crippen LogP) is 2.53. The Labute approximate surface area is 68.3 Å². The second-order valence-corrected chi connectivity index (χ2v) is 2.60. The maximum atomic E-state index is 8.31. The zero-order chi connectivity index (χ0) is 8.69. The number of hydrogen-bond donors (Lipinski definition) is 0. The molecule has 0 fully saturated rings. The van der Waals surface area contributed by atoms with Crippen molar-refractivity contribution in [2.45, 2.75) is 27.2 Å². The molecule has 0 bridgehead atoms. The molecule has 60 valence electrons. The van der Waals surface area contributed by atoms with Crippen molar-refractivity contribution in [1.82, 2.24) is 0 Å². The maximum absolute atomic E-state index is 8.31. The van der Waals surface area contributed by atoms with Gasteiger partial charge in [0.1, 0.15) is 0 Å². The fourth-order valence-corrected chi connectivity index (χ4v) is 0.655. The quantitative estimate of drug-likeness (QED) is 0.450. The Morgan fingerprint density at radius 1 is 1.64 bits per heavy atom. The lowest BCUT2D eigenvalue weighted by atomic mass is 10.1. The molecule has 0 heterocycles. The largest absolute Gasteiger partial charge is 0.205 e. The van der Waals surface area contributed by atoms with E-state index in [9.17, 15) is 0 Å². The van der Waals surface area contributed by atoms with E-state index in [0.29, 0.717) is 5.92 Å². The van der Waals surface area contributed by atoms with Crippen molar-refractivity contribution in [3.05, 3.63) is 12.2 Å². The summed E-state index contributed by atoms with van der Waals surface area (Å²) < 4.78 is 0. The normalized spacial score (nSPS) is 12.5. The van der Waals surface area contributed by atoms with Gasteiger partial charge in [0.2, 0.25) is 6.19 Å². The van der Waals surface area contributed by atoms with Crippen LogP contribution in [-0.4, -0.2) is 5.71 Å². The number of rotatable bonds is 3. The highest BCUT2D eigenvalue weighted by molar-refractivity contribution is 5.96. The van der Waals surface area contributed by atoms with Gasteiger partial charge >= 0.3 is 0 Å². The van der Waals surface area contributed by atoms with E-state index < -0.39 is 0 Å². The van der Waals surface area contributed by atoms with Crippen LogP contribution in [0.4, 0.5) is 0 Å². The van der Waals surface area contributed by atoms with Crippen LogP contribution in [0.1, 0.15) is 27.2 Å². The van der Waals surface area contributed by atoms with E-state index >= 15 is 0 Å². The molecule has 0 aromatic heterocycles. The van der Waals surface area contributed by atoms with E-state index in [4.69, 9.17) is 5.26 Å². The number of nitrogens with zero attached hydrogens (tertiary/aromatic N) is 2. The van der Waals surface area contributed by atoms with Gasteiger partial charge in [-0.25, -0.2) is 0 Å². The summed E-state index contributed by atoms with van der Waals surface area (Å²) in [7, 11) is 0. The zero-order valence-electron chi connectivity index (χ0n) is 7.33. The van der Waals surface area contributed by atoms with Gasteiger partial charge in [-0.2, -0.15) is 10.3 Å². The van der Waals surface area contributed by atoms with Crippen molar-refractivity contribution in [2.24, 2.45) is 10.9 Å². The summed E-state index contributed by atoms with van der Waals surface area (Å²) in [4.78, 5) is 3.70. The van der Waals surface area contributed by atoms with Crippen molar-refractivity contribution in [1.29, 1.82) is 5.26 Å². The molecule has 0 spiro atoms. The molecule has 0 unspecified atom stereocenters. The number of hydrogen-bond acceptors (Lipinski definition) is 2. The lowest BCUT2D eigenvalue weighted by Crippen LogP contribution is -2.02. The predicted molar refractivity (Wildman–Crippen MR) is 47.3 cm³/mol. The Bertz CT molecular complexity index is 194. The summed E-state index contributed by atoms with van der Waals surface area (Å²) in [6.07, 6.45) is 6.70. The average Bonchev–Trinajstić information content (AvgIpc) is 1.97. The van der Waals surface area contributed by atoms with Crippen LogP contribution in [0, 0.1) is 17.4 Å². The SMILES string of the molecule is CC/C=C\C(=N/C#N)C(C)C. The van der Waals surface area contributed by atoms with E-state index in [0.717, 1.165) is 12.1 Å². The molecule has 2 heteroatoms. The first-order valence-corrected chi connectivity index (χ1v) is 3.85. The van der Waals surface area contributed by atoms with E-state index in [1.54, 1.807) is 6.19 Å². The molecular weight excluding hydrogens is 136 g/mol. The highest BCUT2D eigenvalue weighted by Crippen LogP contribution is 1.99. The molecule has 0 N–H and O–H groups in total. The van der Waals surface area contributed by atoms with Crippen LogP contribution >= 0.6 is 0 Å². The summed E-state index contributed by atoms with van der Waals surface area (Å²) in [5.41, 5.74) is 0.856. The summed E-state index contributed by atoms with van der Waals surface area (Å²) in [5.74, 6) is 0.331. The van der Waals surface area contributed by atoms with Crippen molar-refractivity contribution in [3.8, 4) is 6.19 Å². The first kappa shape index (κ1) is 9.90. The second kappa shape index (κ2) is 5.67. The van der Waals surface area contributed by atoms with Gasteiger partial charge in [0.15, 0.2) is 0 Å². The van der Waals surface area contributed by atoms with Crippen LogP contribution in [0.2, 0.25) is 0 Å². The molecule has 0 atom stereocenters. The molecule has 0 rings (SSSR count). The van der Waals surface area contributed by atoms with Gasteiger partial charge in [0.05, 0.1) is 5.71 Å². The molecular formula is C9H14N2. The molecule has 0 aliphatic heterocycles. The van der Waals surface area contributed by atoms with Crippen molar-refractivity contribution < 1.29 is 0 Å². The van der Waals surface area contributed by atoms with E-state index in [-0.39, 0.29) is 0 Å². The molecule has 0 saturated heterocycles. The van der Waals surface area contributed by atoms with Gasteiger partial charge in [0.25, 0.3) is 0 Å². The van der Waals surface area contributed by atoms with Gasteiger partial charge in [-0.1, -0.05) is 26.8 Å². The number of nitriles is 1. The highest BCUT2D eigenvalue weighted by atomic mass is 14.7. The number of aliphatic imine (C=N–C) groups is 1. The monoisotopic (exact) mass is 150 g/mol. The van der Waals surface area contributed by atoms with Crippen LogP contribution in [-0.2, 0) is 0 Å². The number of allylic oxidation sites excluding steroid dienone is 2. The fourth-order valence-electron chi connectivity index (χ4n) is 0.655. The minimum absolute atomic E-state index is 0.331. The third-order valence-corrected chi connectivity index (χ3v) is 1.29. The summed E-state index contributed by atoms with van der Waals surface area (Å²) in [6, 6.07) is 0. The third-order valence-electron chi connectivity index (χ3n) is 1.29. The summed E-state index contributed by atoms with van der Waals surface area (Å²) in [6.45, 7) is 6.10. The van der Waals surface area contributed by atoms with Crippen LogP contribution in [0.25, 0.3) is 0 Å². The molecule has 0 aliphatic rings. The van der Waals surface area contributed by atoms with Crippen molar-refractivity contribution in [3.63, 3.8) is 0 Å². The first-order valence-electron chi connectivity index (χ1n) is 3.85.